The molecule has 0 radical (unpaired) electrons. The van der Waals surface area contributed by atoms with Gasteiger partial charge in [-0.15, -0.1) is 0 Å². The first kappa shape index (κ1) is 13.6. The SMILES string of the molecule is N=C(N)N(CCC(N)=O)C(=O)c1cc2ccccc2[nH]1. The Kier molecular flexibility index (Phi) is 3.69. The van der Waals surface area contributed by atoms with Gasteiger partial charge in [-0.1, -0.05) is 18.2 Å². The number of guanidine groups is 1. The number of nitrogens with zero attached hydrogens (tertiary/aromatic N) is 1. The van der Waals surface area contributed by atoms with E-state index in [2.05, 4.69) is 4.98 Å². The molecule has 0 saturated heterocycles. The summed E-state index contributed by atoms with van der Waals surface area (Å²) in [5.41, 5.74) is 11.5. The van der Waals surface area contributed by atoms with Gasteiger partial charge >= 0.3 is 0 Å². The molecule has 2 aromatic rings. The van der Waals surface area contributed by atoms with Crippen molar-refractivity contribution in [3.63, 3.8) is 0 Å². The highest BCUT2D eigenvalue weighted by Crippen LogP contribution is 2.16. The molecule has 0 unspecified atom stereocenters. The van der Waals surface area contributed by atoms with Crippen LogP contribution in [0.25, 0.3) is 10.9 Å². The standard InChI is InChI=1S/C13H15N5O2/c14-11(19)5-6-18(13(15)16)12(20)10-7-8-3-1-2-4-9(8)17-10/h1-4,7,17H,5-6H2,(H2,14,19)(H3,15,16). The van der Waals surface area contributed by atoms with Gasteiger partial charge in [-0.2, -0.15) is 0 Å². The lowest BCUT2D eigenvalue weighted by molar-refractivity contribution is -0.118. The van der Waals surface area contributed by atoms with Crippen molar-refractivity contribution in [2.24, 2.45) is 11.5 Å². The van der Waals surface area contributed by atoms with E-state index in [1.165, 1.54) is 0 Å². The fourth-order valence-corrected chi connectivity index (χ4v) is 1.89. The molecule has 2 amide bonds. The average molecular weight is 273 g/mol. The van der Waals surface area contributed by atoms with Gasteiger partial charge in [0.1, 0.15) is 5.69 Å². The molecule has 0 fully saturated rings. The summed E-state index contributed by atoms with van der Waals surface area (Å²) in [5, 5.41) is 8.31. The molecule has 2 rings (SSSR count). The molecule has 0 aliphatic rings. The predicted molar refractivity (Wildman–Crippen MR) is 75.1 cm³/mol. The smallest absolute Gasteiger partial charge is 0.277 e. The van der Waals surface area contributed by atoms with E-state index in [-0.39, 0.29) is 13.0 Å². The maximum Gasteiger partial charge on any atom is 0.277 e. The van der Waals surface area contributed by atoms with Crippen molar-refractivity contribution in [1.82, 2.24) is 9.88 Å². The maximum absolute atomic E-state index is 12.3. The molecule has 0 saturated carbocycles. The van der Waals surface area contributed by atoms with E-state index in [0.29, 0.717) is 5.69 Å². The number of carbonyl (C=O) groups is 2. The molecule has 1 heterocycles. The van der Waals surface area contributed by atoms with Crippen molar-refractivity contribution in [2.75, 3.05) is 6.54 Å². The van der Waals surface area contributed by atoms with E-state index in [1.54, 1.807) is 6.07 Å². The summed E-state index contributed by atoms with van der Waals surface area (Å²) >= 11 is 0. The molecule has 0 bridgehead atoms. The van der Waals surface area contributed by atoms with Crippen LogP contribution in [0.1, 0.15) is 16.9 Å². The Morgan fingerprint density at radius 1 is 1.25 bits per heavy atom. The Hall–Kier alpha value is -2.83. The highest BCUT2D eigenvalue weighted by molar-refractivity contribution is 6.06. The summed E-state index contributed by atoms with van der Waals surface area (Å²) in [7, 11) is 0. The second-order valence-corrected chi connectivity index (χ2v) is 4.33. The number of aromatic nitrogens is 1. The largest absolute Gasteiger partial charge is 0.370 e. The maximum atomic E-state index is 12.3. The minimum absolute atomic E-state index is 0.0150. The third kappa shape index (κ3) is 2.77. The third-order valence-electron chi connectivity index (χ3n) is 2.88. The quantitative estimate of drug-likeness (QED) is 0.474. The zero-order valence-corrected chi connectivity index (χ0v) is 10.7. The van der Waals surface area contributed by atoms with Gasteiger partial charge in [-0.3, -0.25) is 19.9 Å². The van der Waals surface area contributed by atoms with E-state index >= 15 is 0 Å². The van der Waals surface area contributed by atoms with Crippen molar-refractivity contribution in [3.8, 4) is 0 Å². The topological polar surface area (TPSA) is 129 Å². The first-order chi connectivity index (χ1) is 9.49. The van der Waals surface area contributed by atoms with Gasteiger partial charge in [0, 0.05) is 23.9 Å². The number of primary amides is 1. The van der Waals surface area contributed by atoms with Crippen LogP contribution >= 0.6 is 0 Å². The molecule has 1 aromatic heterocycles. The minimum atomic E-state index is -0.555. The highest BCUT2D eigenvalue weighted by atomic mass is 16.2. The molecular formula is C13H15N5O2. The molecule has 7 nitrogen and oxygen atoms in total. The number of nitrogens with one attached hydrogen (secondary N) is 2. The first-order valence-corrected chi connectivity index (χ1v) is 6.01. The number of rotatable bonds is 4. The Morgan fingerprint density at radius 2 is 1.95 bits per heavy atom. The van der Waals surface area contributed by atoms with Crippen LogP contribution in [0.5, 0.6) is 0 Å². The number of carbonyl (C=O) groups excluding carboxylic acids is 2. The second kappa shape index (κ2) is 5.43. The molecule has 104 valence electrons. The Labute approximate surface area is 115 Å². The van der Waals surface area contributed by atoms with Crippen molar-refractivity contribution >= 4 is 28.7 Å². The van der Waals surface area contributed by atoms with Crippen LogP contribution in [0, 0.1) is 5.41 Å². The van der Waals surface area contributed by atoms with Crippen LogP contribution in [-0.4, -0.2) is 34.2 Å². The lowest BCUT2D eigenvalue weighted by Crippen LogP contribution is -2.43. The van der Waals surface area contributed by atoms with Gasteiger partial charge in [0.15, 0.2) is 5.96 Å². The number of H-pyrrole nitrogens is 1. The summed E-state index contributed by atoms with van der Waals surface area (Å²) in [6.45, 7) is -0.0150. The van der Waals surface area contributed by atoms with Gasteiger partial charge in [-0.05, 0) is 12.1 Å². The number of hydrogen-bond donors (Lipinski definition) is 4. The Morgan fingerprint density at radius 3 is 2.55 bits per heavy atom. The summed E-state index contributed by atoms with van der Waals surface area (Å²) in [6.07, 6.45) is -0.0501. The van der Waals surface area contributed by atoms with Gasteiger partial charge in [0.25, 0.3) is 5.91 Å². The van der Waals surface area contributed by atoms with Crippen LogP contribution in [0.4, 0.5) is 0 Å². The fourth-order valence-electron chi connectivity index (χ4n) is 1.89. The second-order valence-electron chi connectivity index (χ2n) is 4.33. The van der Waals surface area contributed by atoms with E-state index in [9.17, 15) is 9.59 Å². The zero-order valence-electron chi connectivity index (χ0n) is 10.7. The minimum Gasteiger partial charge on any atom is -0.370 e. The zero-order chi connectivity index (χ0) is 14.7. The highest BCUT2D eigenvalue weighted by Gasteiger charge is 2.20. The van der Waals surface area contributed by atoms with Crippen LogP contribution in [0.2, 0.25) is 0 Å². The number of hydrogen-bond acceptors (Lipinski definition) is 3. The summed E-state index contributed by atoms with van der Waals surface area (Å²) in [4.78, 5) is 27.0. The van der Waals surface area contributed by atoms with Crippen LogP contribution < -0.4 is 11.5 Å². The van der Waals surface area contributed by atoms with Crippen molar-refractivity contribution in [3.05, 3.63) is 36.0 Å². The number of aromatic amines is 1. The normalized spacial score (nSPS) is 10.4. The van der Waals surface area contributed by atoms with E-state index < -0.39 is 17.8 Å². The molecular weight excluding hydrogens is 258 g/mol. The van der Waals surface area contributed by atoms with Crippen LogP contribution in [0.15, 0.2) is 30.3 Å². The Bertz CT molecular complexity index is 643. The van der Waals surface area contributed by atoms with Crippen molar-refractivity contribution in [2.45, 2.75) is 6.42 Å². The van der Waals surface area contributed by atoms with Gasteiger partial charge in [0.2, 0.25) is 5.91 Å². The molecule has 0 spiro atoms. The lowest BCUT2D eigenvalue weighted by Gasteiger charge is -2.19. The molecule has 6 N–H and O–H groups in total. The molecule has 0 aliphatic carbocycles. The third-order valence-corrected chi connectivity index (χ3v) is 2.88. The van der Waals surface area contributed by atoms with Gasteiger partial charge < -0.3 is 16.5 Å². The molecule has 7 heteroatoms. The monoisotopic (exact) mass is 273 g/mol. The molecule has 0 aliphatic heterocycles. The average Bonchev–Trinajstić information content (AvgIpc) is 2.81. The van der Waals surface area contributed by atoms with Crippen LogP contribution in [-0.2, 0) is 4.79 Å². The molecule has 0 atom stereocenters. The summed E-state index contributed by atoms with van der Waals surface area (Å²) in [6, 6.07) is 9.10. The van der Waals surface area contributed by atoms with Crippen molar-refractivity contribution < 1.29 is 9.59 Å². The lowest BCUT2D eigenvalue weighted by atomic mass is 10.2. The predicted octanol–water partition coefficient (Wildman–Crippen LogP) is 0.379. The van der Waals surface area contributed by atoms with E-state index in [1.807, 2.05) is 24.3 Å². The number of fused-ring (bicyclic) bond motifs is 1. The number of nitrogens with two attached hydrogens (primary N) is 2. The molecule has 20 heavy (non-hydrogen) atoms. The van der Waals surface area contributed by atoms with Gasteiger partial charge in [-0.25, -0.2) is 0 Å². The number of para-hydroxylation sites is 1. The van der Waals surface area contributed by atoms with Crippen LogP contribution in [0.3, 0.4) is 0 Å². The van der Waals surface area contributed by atoms with Gasteiger partial charge in [0.05, 0.1) is 0 Å². The molecule has 1 aromatic carbocycles. The van der Waals surface area contributed by atoms with Crippen molar-refractivity contribution in [1.29, 1.82) is 5.41 Å². The van der Waals surface area contributed by atoms with E-state index in [0.717, 1.165) is 15.8 Å². The van der Waals surface area contributed by atoms with E-state index in [4.69, 9.17) is 16.9 Å². The number of benzene rings is 1. The summed E-state index contributed by atoms with van der Waals surface area (Å²) in [5.74, 6) is -1.44. The Balaban J connectivity index is 2.26. The number of amides is 2. The fraction of sp³-hybridized carbons (Fsp3) is 0.154. The summed E-state index contributed by atoms with van der Waals surface area (Å²) < 4.78 is 0. The first-order valence-electron chi connectivity index (χ1n) is 6.01.